The number of carbonyl (C=O) groups is 2. The molecule has 0 radical (unpaired) electrons. The van der Waals surface area contributed by atoms with Crippen LogP contribution in [-0.4, -0.2) is 49.3 Å². The molecule has 0 aromatic carbocycles. The van der Waals surface area contributed by atoms with E-state index in [1.54, 1.807) is 0 Å². The number of hydrogen-bond donors (Lipinski definition) is 0. The van der Waals surface area contributed by atoms with Gasteiger partial charge in [0.05, 0.1) is 6.61 Å². The molecule has 166 valence electrons. The molecule has 28 heavy (non-hydrogen) atoms. The Bertz CT molecular complexity index is 497. The first kappa shape index (κ1) is 26.4. The molecule has 0 bridgehead atoms. The van der Waals surface area contributed by atoms with Gasteiger partial charge in [0.1, 0.15) is 0 Å². The molecular weight excluding hydrogens is 408 g/mol. The molecule has 0 aliphatic heterocycles. The maximum atomic E-state index is 13.2. The van der Waals surface area contributed by atoms with Crippen LogP contribution >= 0.6 is 0 Å². The van der Waals surface area contributed by atoms with Crippen molar-refractivity contribution in [3.8, 4) is 0 Å². The Labute approximate surface area is 156 Å². The van der Waals surface area contributed by atoms with E-state index < -0.39 is 49.2 Å². The molecule has 0 heterocycles. The van der Waals surface area contributed by atoms with E-state index in [1.807, 2.05) is 6.92 Å². The van der Waals surface area contributed by atoms with Crippen LogP contribution in [0.1, 0.15) is 51.9 Å². The third-order valence-electron chi connectivity index (χ3n) is 3.59. The van der Waals surface area contributed by atoms with Gasteiger partial charge in [-0.15, -0.1) is 0 Å². The molecule has 12 heteroatoms. The van der Waals surface area contributed by atoms with E-state index >= 15 is 0 Å². The van der Waals surface area contributed by atoms with Crippen LogP contribution in [0.4, 0.5) is 35.1 Å². The molecule has 0 aliphatic rings. The highest BCUT2D eigenvalue weighted by atomic mass is 19.4. The van der Waals surface area contributed by atoms with Crippen LogP contribution < -0.4 is 0 Å². The van der Waals surface area contributed by atoms with Gasteiger partial charge in [0.15, 0.2) is 6.61 Å². The Kier molecular flexibility index (Phi) is 10.7. The summed E-state index contributed by atoms with van der Waals surface area (Å²) in [5.74, 6) is -20.4. The van der Waals surface area contributed by atoms with Gasteiger partial charge < -0.3 is 9.47 Å². The summed E-state index contributed by atoms with van der Waals surface area (Å²) < 4.78 is 110. The minimum Gasteiger partial charge on any atom is -0.466 e. The molecule has 0 amide bonds. The lowest BCUT2D eigenvalue weighted by molar-refractivity contribution is -0.344. The van der Waals surface area contributed by atoms with Gasteiger partial charge in [-0.05, 0) is 19.3 Å². The van der Waals surface area contributed by atoms with E-state index in [1.165, 1.54) is 0 Å². The molecule has 0 fully saturated rings. The van der Waals surface area contributed by atoms with Crippen molar-refractivity contribution in [2.24, 2.45) is 0 Å². The molecule has 0 unspecified atom stereocenters. The standard InChI is InChI=1S/C16H22F8O4/c1-2-3-6-9-27-11(25)7-4-5-8-12(26)28-10-14(19,20)16(23,24)15(21,22)13(17)18/h13H,2-10H2,1H3. The van der Waals surface area contributed by atoms with Crippen LogP contribution in [0.2, 0.25) is 0 Å². The van der Waals surface area contributed by atoms with E-state index in [0.29, 0.717) is 6.42 Å². The molecule has 0 spiro atoms. The van der Waals surface area contributed by atoms with Gasteiger partial charge in [-0.1, -0.05) is 19.8 Å². The molecule has 0 aromatic heterocycles. The fourth-order valence-electron chi connectivity index (χ4n) is 1.86. The minimum absolute atomic E-state index is 0.0436. The van der Waals surface area contributed by atoms with Crippen LogP contribution in [-0.2, 0) is 19.1 Å². The van der Waals surface area contributed by atoms with Crippen molar-refractivity contribution >= 4 is 11.9 Å². The van der Waals surface area contributed by atoms with Gasteiger partial charge in [-0.3, -0.25) is 9.59 Å². The van der Waals surface area contributed by atoms with Crippen molar-refractivity contribution in [1.29, 1.82) is 0 Å². The van der Waals surface area contributed by atoms with Gasteiger partial charge in [0.2, 0.25) is 0 Å². The monoisotopic (exact) mass is 430 g/mol. The van der Waals surface area contributed by atoms with Crippen LogP contribution in [0, 0.1) is 0 Å². The zero-order valence-electron chi connectivity index (χ0n) is 15.1. The Morgan fingerprint density at radius 3 is 1.79 bits per heavy atom. The predicted molar refractivity (Wildman–Crippen MR) is 80.8 cm³/mol. The summed E-state index contributed by atoms with van der Waals surface area (Å²) >= 11 is 0. The largest absolute Gasteiger partial charge is 0.466 e. The van der Waals surface area contributed by atoms with Crippen LogP contribution in [0.25, 0.3) is 0 Å². The highest BCUT2D eigenvalue weighted by molar-refractivity contribution is 5.70. The number of esters is 2. The van der Waals surface area contributed by atoms with E-state index in [4.69, 9.17) is 4.74 Å². The maximum absolute atomic E-state index is 13.2. The molecule has 0 aromatic rings. The number of unbranched alkanes of at least 4 members (excludes halogenated alkanes) is 3. The Morgan fingerprint density at radius 1 is 0.821 bits per heavy atom. The topological polar surface area (TPSA) is 52.6 Å². The summed E-state index contributed by atoms with van der Waals surface area (Å²) in [6, 6.07) is 0. The van der Waals surface area contributed by atoms with Crippen molar-refractivity contribution in [1.82, 2.24) is 0 Å². The average molecular weight is 430 g/mol. The summed E-state index contributed by atoms with van der Waals surface area (Å²) in [4.78, 5) is 22.6. The first-order valence-corrected chi connectivity index (χ1v) is 8.52. The van der Waals surface area contributed by atoms with E-state index in [-0.39, 0.29) is 25.9 Å². The summed E-state index contributed by atoms with van der Waals surface area (Å²) in [7, 11) is 0. The lowest BCUT2D eigenvalue weighted by atomic mass is 10.1. The second-order valence-electron chi connectivity index (χ2n) is 6.00. The quantitative estimate of drug-likeness (QED) is 0.221. The van der Waals surface area contributed by atoms with Crippen LogP contribution in [0.15, 0.2) is 0 Å². The summed E-state index contributed by atoms with van der Waals surface area (Å²) in [6.45, 7) is -0.288. The fraction of sp³-hybridized carbons (Fsp3) is 0.875. The first-order chi connectivity index (χ1) is 12.8. The zero-order chi connectivity index (χ0) is 22.0. The minimum atomic E-state index is -6.42. The summed E-state index contributed by atoms with van der Waals surface area (Å²) in [6.07, 6.45) is -3.10. The molecule has 0 saturated carbocycles. The number of hydrogen-bond acceptors (Lipinski definition) is 4. The number of alkyl halides is 8. The van der Waals surface area contributed by atoms with Crippen molar-refractivity contribution in [3.63, 3.8) is 0 Å². The highest BCUT2D eigenvalue weighted by Crippen LogP contribution is 2.48. The summed E-state index contributed by atoms with van der Waals surface area (Å²) in [5.41, 5.74) is 0. The lowest BCUT2D eigenvalue weighted by Gasteiger charge is -2.31. The smallest absolute Gasteiger partial charge is 0.381 e. The van der Waals surface area contributed by atoms with Gasteiger partial charge >= 0.3 is 36.1 Å². The molecule has 0 N–H and O–H groups in total. The van der Waals surface area contributed by atoms with Crippen LogP contribution in [0.3, 0.4) is 0 Å². The molecule has 0 saturated heterocycles. The Hall–Kier alpha value is -1.62. The van der Waals surface area contributed by atoms with Gasteiger partial charge in [0.25, 0.3) is 0 Å². The number of ether oxygens (including phenoxy) is 2. The summed E-state index contributed by atoms with van der Waals surface area (Å²) in [5, 5.41) is 0. The van der Waals surface area contributed by atoms with Crippen molar-refractivity contribution < 1.29 is 54.2 Å². The predicted octanol–water partition coefficient (Wildman–Crippen LogP) is 4.99. The molecule has 0 aliphatic carbocycles. The Morgan fingerprint density at radius 2 is 1.32 bits per heavy atom. The van der Waals surface area contributed by atoms with Gasteiger partial charge in [-0.2, -0.15) is 26.3 Å². The van der Waals surface area contributed by atoms with E-state index in [2.05, 4.69) is 4.74 Å². The molecule has 0 rings (SSSR count). The Balaban J connectivity index is 4.25. The first-order valence-electron chi connectivity index (χ1n) is 8.52. The van der Waals surface area contributed by atoms with E-state index in [0.717, 1.165) is 12.8 Å². The maximum Gasteiger partial charge on any atom is 0.381 e. The second kappa shape index (κ2) is 11.4. The normalized spacial score (nSPS) is 12.9. The van der Waals surface area contributed by atoms with Crippen molar-refractivity contribution in [2.45, 2.75) is 76.1 Å². The molecular formula is C16H22F8O4. The van der Waals surface area contributed by atoms with Crippen LogP contribution in [0.5, 0.6) is 0 Å². The third kappa shape index (κ3) is 7.78. The highest BCUT2D eigenvalue weighted by Gasteiger charge is 2.75. The average Bonchev–Trinajstić information content (AvgIpc) is 2.60. The molecule has 4 nitrogen and oxygen atoms in total. The number of halogens is 8. The van der Waals surface area contributed by atoms with Crippen molar-refractivity contribution in [2.75, 3.05) is 13.2 Å². The third-order valence-corrected chi connectivity index (χ3v) is 3.59. The lowest BCUT2D eigenvalue weighted by Crippen LogP contribution is -2.59. The van der Waals surface area contributed by atoms with Crippen molar-refractivity contribution in [3.05, 3.63) is 0 Å². The number of rotatable bonds is 14. The molecule has 0 atom stereocenters. The second-order valence-corrected chi connectivity index (χ2v) is 6.00. The number of carbonyl (C=O) groups excluding carboxylic acids is 2. The van der Waals surface area contributed by atoms with E-state index in [9.17, 15) is 44.7 Å². The zero-order valence-corrected chi connectivity index (χ0v) is 15.1. The van der Waals surface area contributed by atoms with Gasteiger partial charge in [0, 0.05) is 12.8 Å². The van der Waals surface area contributed by atoms with Gasteiger partial charge in [-0.25, -0.2) is 8.78 Å². The SMILES string of the molecule is CCCCCOC(=O)CCCCC(=O)OCC(F)(F)C(F)(F)C(F)(F)C(F)F. The fourth-order valence-corrected chi connectivity index (χ4v) is 1.86.